The second-order valence-electron chi connectivity index (χ2n) is 4.42. The highest BCUT2D eigenvalue weighted by molar-refractivity contribution is 5.80. The third kappa shape index (κ3) is 1.89. The van der Waals surface area contributed by atoms with E-state index in [2.05, 4.69) is 20.1 Å². The molecule has 1 aromatic heterocycles. The van der Waals surface area contributed by atoms with Crippen molar-refractivity contribution in [3.63, 3.8) is 0 Å². The summed E-state index contributed by atoms with van der Waals surface area (Å²) in [6.45, 7) is 9.30. The Morgan fingerprint density at radius 3 is 2.72 bits per heavy atom. The molecular formula is C14H14N4. The van der Waals surface area contributed by atoms with Gasteiger partial charge in [0.25, 0.3) is 0 Å². The van der Waals surface area contributed by atoms with E-state index in [0.717, 1.165) is 37.0 Å². The molecule has 0 bridgehead atoms. The minimum absolute atomic E-state index is 0.702. The Kier molecular flexibility index (Phi) is 2.83. The van der Waals surface area contributed by atoms with Gasteiger partial charge in [-0.15, -0.1) is 0 Å². The van der Waals surface area contributed by atoms with E-state index in [-0.39, 0.29) is 0 Å². The van der Waals surface area contributed by atoms with Crippen molar-refractivity contribution in [3.8, 4) is 0 Å². The van der Waals surface area contributed by atoms with Crippen LogP contribution in [0.25, 0.3) is 21.6 Å². The Morgan fingerprint density at radius 2 is 2.00 bits per heavy atom. The van der Waals surface area contributed by atoms with Crippen molar-refractivity contribution < 1.29 is 0 Å². The van der Waals surface area contributed by atoms with Gasteiger partial charge in [0.1, 0.15) is 5.82 Å². The fourth-order valence-corrected chi connectivity index (χ4v) is 2.33. The van der Waals surface area contributed by atoms with Crippen molar-refractivity contribution in [1.29, 1.82) is 0 Å². The van der Waals surface area contributed by atoms with Gasteiger partial charge in [0, 0.05) is 0 Å². The number of aromatic nitrogens is 2. The van der Waals surface area contributed by atoms with Gasteiger partial charge < -0.3 is 10.3 Å². The van der Waals surface area contributed by atoms with E-state index in [1.54, 1.807) is 0 Å². The minimum Gasteiger partial charge on any atom is -0.347 e. The van der Waals surface area contributed by atoms with Crippen LogP contribution in [0.15, 0.2) is 29.8 Å². The monoisotopic (exact) mass is 238 g/mol. The van der Waals surface area contributed by atoms with Gasteiger partial charge in [-0.2, -0.15) is 0 Å². The van der Waals surface area contributed by atoms with Crippen LogP contribution in [0.4, 0.5) is 0 Å². The summed E-state index contributed by atoms with van der Waals surface area (Å²) in [5.74, 6) is 0.711. The van der Waals surface area contributed by atoms with Crippen LogP contribution in [0.2, 0.25) is 0 Å². The van der Waals surface area contributed by atoms with Gasteiger partial charge in [-0.05, 0) is 38.1 Å². The first kappa shape index (κ1) is 11.0. The number of hydrogen-bond donors (Lipinski definition) is 2. The smallest absolute Gasteiger partial charge is 0.227 e. The molecule has 0 saturated carbocycles. The van der Waals surface area contributed by atoms with Crippen LogP contribution in [-0.4, -0.2) is 23.1 Å². The number of benzene rings is 1. The summed E-state index contributed by atoms with van der Waals surface area (Å²) < 4.78 is 0. The molecule has 0 aliphatic carbocycles. The zero-order chi connectivity index (χ0) is 12.4. The number of H-pyrrole nitrogens is 1. The second-order valence-corrected chi connectivity index (χ2v) is 4.42. The molecule has 0 amide bonds. The SMILES string of the molecule is [C-]#[N+]C(=C1CCNCC1)c1nc2ccccc2[nH]1. The summed E-state index contributed by atoms with van der Waals surface area (Å²) in [6, 6.07) is 7.88. The first-order valence-corrected chi connectivity index (χ1v) is 6.14. The van der Waals surface area contributed by atoms with Crippen molar-refractivity contribution >= 4 is 16.7 Å². The predicted octanol–water partition coefficient (Wildman–Crippen LogP) is 2.58. The van der Waals surface area contributed by atoms with Gasteiger partial charge in [0.15, 0.2) is 0 Å². The number of nitrogens with one attached hydrogen (secondary N) is 2. The molecule has 0 unspecified atom stereocenters. The number of rotatable bonds is 1. The lowest BCUT2D eigenvalue weighted by molar-refractivity contribution is 0.611. The van der Waals surface area contributed by atoms with Gasteiger partial charge in [0.05, 0.1) is 17.6 Å². The Hall–Kier alpha value is -2.12. The lowest BCUT2D eigenvalue weighted by Crippen LogP contribution is -2.23. The molecule has 1 aromatic carbocycles. The van der Waals surface area contributed by atoms with E-state index in [0.29, 0.717) is 11.5 Å². The van der Waals surface area contributed by atoms with Crippen LogP contribution in [0.3, 0.4) is 0 Å². The maximum atomic E-state index is 7.39. The standard InChI is InChI=1S/C14H14N4/c1-15-13(10-6-8-16-9-7-10)14-17-11-4-2-3-5-12(11)18-14/h2-5,16H,6-9H2,(H,17,18). The van der Waals surface area contributed by atoms with Gasteiger partial charge >= 0.3 is 0 Å². The number of fused-ring (bicyclic) bond motifs is 1. The van der Waals surface area contributed by atoms with Crippen LogP contribution < -0.4 is 5.32 Å². The molecule has 0 spiro atoms. The summed E-state index contributed by atoms with van der Waals surface area (Å²) in [5.41, 5.74) is 3.82. The molecule has 4 heteroatoms. The lowest BCUT2D eigenvalue weighted by Gasteiger charge is -2.16. The van der Waals surface area contributed by atoms with E-state index < -0.39 is 0 Å². The predicted molar refractivity (Wildman–Crippen MR) is 71.7 cm³/mol. The summed E-state index contributed by atoms with van der Waals surface area (Å²) in [6.07, 6.45) is 1.88. The molecule has 2 N–H and O–H groups in total. The Labute approximate surface area is 106 Å². The maximum Gasteiger partial charge on any atom is 0.227 e. The van der Waals surface area contributed by atoms with Crippen LogP contribution in [0.5, 0.6) is 0 Å². The summed E-state index contributed by atoms with van der Waals surface area (Å²) in [5, 5.41) is 3.30. The number of para-hydroxylation sites is 2. The molecule has 2 aromatic rings. The second kappa shape index (κ2) is 4.63. The molecule has 1 aliphatic rings. The largest absolute Gasteiger partial charge is 0.347 e. The van der Waals surface area contributed by atoms with E-state index in [1.807, 2.05) is 24.3 Å². The molecule has 1 saturated heterocycles. The summed E-state index contributed by atoms with van der Waals surface area (Å²) in [7, 11) is 0. The molecule has 3 rings (SSSR count). The van der Waals surface area contributed by atoms with Gasteiger partial charge in [-0.25, -0.2) is 9.83 Å². The fraction of sp³-hybridized carbons (Fsp3) is 0.286. The highest BCUT2D eigenvalue weighted by Gasteiger charge is 2.15. The number of aromatic amines is 1. The van der Waals surface area contributed by atoms with Gasteiger partial charge in [-0.1, -0.05) is 17.7 Å². The molecule has 1 aliphatic heterocycles. The molecular weight excluding hydrogens is 224 g/mol. The molecule has 18 heavy (non-hydrogen) atoms. The lowest BCUT2D eigenvalue weighted by atomic mass is 10.0. The van der Waals surface area contributed by atoms with E-state index >= 15 is 0 Å². The Balaban J connectivity index is 2.08. The van der Waals surface area contributed by atoms with Crippen molar-refractivity contribution in [1.82, 2.24) is 15.3 Å². The van der Waals surface area contributed by atoms with Crippen LogP contribution in [0, 0.1) is 6.57 Å². The average molecular weight is 238 g/mol. The minimum atomic E-state index is 0.702. The zero-order valence-corrected chi connectivity index (χ0v) is 10.0. The molecule has 4 nitrogen and oxygen atoms in total. The van der Waals surface area contributed by atoms with Crippen LogP contribution in [-0.2, 0) is 0 Å². The summed E-state index contributed by atoms with van der Waals surface area (Å²) >= 11 is 0. The van der Waals surface area contributed by atoms with E-state index in [4.69, 9.17) is 6.57 Å². The summed E-state index contributed by atoms with van der Waals surface area (Å²) in [4.78, 5) is 11.4. The average Bonchev–Trinajstić information content (AvgIpc) is 2.84. The molecule has 2 heterocycles. The Morgan fingerprint density at radius 1 is 1.22 bits per heavy atom. The molecule has 1 fully saturated rings. The Bertz CT molecular complexity index is 604. The van der Waals surface area contributed by atoms with Crippen LogP contribution >= 0.6 is 0 Å². The van der Waals surface area contributed by atoms with Gasteiger partial charge in [0.2, 0.25) is 5.70 Å². The van der Waals surface area contributed by atoms with Gasteiger partial charge in [-0.3, -0.25) is 0 Å². The normalized spacial score (nSPS) is 15.6. The number of hydrogen-bond acceptors (Lipinski definition) is 2. The highest BCUT2D eigenvalue weighted by Crippen LogP contribution is 2.25. The molecule has 0 atom stereocenters. The topological polar surface area (TPSA) is 45.1 Å². The molecule has 90 valence electrons. The molecule has 0 radical (unpaired) electrons. The zero-order valence-electron chi connectivity index (χ0n) is 10.0. The van der Waals surface area contributed by atoms with Crippen molar-refractivity contribution in [2.24, 2.45) is 0 Å². The maximum absolute atomic E-state index is 7.39. The number of nitrogens with zero attached hydrogens (tertiary/aromatic N) is 2. The van der Waals surface area contributed by atoms with Crippen molar-refractivity contribution in [3.05, 3.63) is 47.1 Å². The van der Waals surface area contributed by atoms with Crippen molar-refractivity contribution in [2.45, 2.75) is 12.8 Å². The first-order chi connectivity index (χ1) is 8.88. The van der Waals surface area contributed by atoms with Crippen LogP contribution in [0.1, 0.15) is 18.7 Å². The third-order valence-corrected chi connectivity index (χ3v) is 3.27. The van der Waals surface area contributed by atoms with Crippen molar-refractivity contribution in [2.75, 3.05) is 13.1 Å². The van der Waals surface area contributed by atoms with E-state index in [1.165, 1.54) is 5.57 Å². The number of imidazole rings is 1. The number of piperidine rings is 1. The fourth-order valence-electron chi connectivity index (χ4n) is 2.33. The highest BCUT2D eigenvalue weighted by atomic mass is 15.0. The third-order valence-electron chi connectivity index (χ3n) is 3.27. The first-order valence-electron chi connectivity index (χ1n) is 6.14. The quantitative estimate of drug-likeness (QED) is 0.750. The van der Waals surface area contributed by atoms with E-state index in [9.17, 15) is 0 Å².